The van der Waals surface area contributed by atoms with Gasteiger partial charge in [0.15, 0.2) is 0 Å². The van der Waals surface area contributed by atoms with Crippen molar-refractivity contribution in [3.05, 3.63) is 224 Å². The van der Waals surface area contributed by atoms with Gasteiger partial charge in [-0.05, 0) is 103 Å². The van der Waals surface area contributed by atoms with Gasteiger partial charge >= 0.3 is 0 Å². The third kappa shape index (κ3) is 5.61. The number of rotatable bonds is 6. The molecule has 1 nitrogen and oxygen atoms in total. The molecule has 0 N–H and O–H groups in total. The molecule has 2 heteroatoms. The lowest BCUT2D eigenvalue weighted by Crippen LogP contribution is -2.12. The van der Waals surface area contributed by atoms with Gasteiger partial charge in [0, 0.05) is 42.2 Å². The number of hydrogen-bond donors (Lipinski definition) is 0. The van der Waals surface area contributed by atoms with Crippen molar-refractivity contribution in [3.8, 4) is 33.4 Å². The second-order valence-electron chi connectivity index (χ2n) is 15.6. The summed E-state index contributed by atoms with van der Waals surface area (Å²) in [5, 5.41) is 12.5. The summed E-state index contributed by atoms with van der Waals surface area (Å²) < 4.78 is 2.62. The first-order valence-corrected chi connectivity index (χ1v) is 21.4. The van der Waals surface area contributed by atoms with E-state index in [1.54, 1.807) is 0 Å². The van der Waals surface area contributed by atoms with Crippen molar-refractivity contribution in [2.75, 3.05) is 4.90 Å². The maximum Gasteiger partial charge on any atom is 0.0547 e. The van der Waals surface area contributed by atoms with Crippen LogP contribution in [0.2, 0.25) is 0 Å². The molecule has 0 radical (unpaired) electrons. The zero-order valence-corrected chi connectivity index (χ0v) is 33.5. The quantitative estimate of drug-likeness (QED) is 0.152. The van der Waals surface area contributed by atoms with Crippen LogP contribution in [-0.4, -0.2) is 0 Å². The predicted octanol–water partition coefficient (Wildman–Crippen LogP) is 17.1. The molecule has 1 aromatic heterocycles. The summed E-state index contributed by atoms with van der Waals surface area (Å²) in [6, 6.07) is 82.8. The van der Waals surface area contributed by atoms with E-state index in [-0.39, 0.29) is 0 Å². The van der Waals surface area contributed by atoms with E-state index in [1.807, 2.05) is 11.3 Å². The third-order valence-electron chi connectivity index (χ3n) is 12.2. The van der Waals surface area contributed by atoms with Crippen LogP contribution in [-0.2, 0) is 0 Å². The van der Waals surface area contributed by atoms with E-state index >= 15 is 0 Å². The Morgan fingerprint density at radius 2 is 0.850 bits per heavy atom. The molecule has 11 aromatic carbocycles. The molecule has 0 spiro atoms. The van der Waals surface area contributed by atoms with Crippen molar-refractivity contribution in [3.63, 3.8) is 0 Å². The maximum absolute atomic E-state index is 2.55. The van der Waals surface area contributed by atoms with Crippen molar-refractivity contribution in [1.29, 1.82) is 0 Å². The Labute approximate surface area is 352 Å². The average molecular weight is 780 g/mol. The normalized spacial score (nSPS) is 11.7. The molecule has 12 aromatic rings. The van der Waals surface area contributed by atoms with Gasteiger partial charge in [0.2, 0.25) is 0 Å². The van der Waals surface area contributed by atoms with Gasteiger partial charge < -0.3 is 4.90 Å². The van der Waals surface area contributed by atoms with Crippen molar-refractivity contribution in [2.45, 2.75) is 0 Å². The van der Waals surface area contributed by atoms with Crippen LogP contribution in [0.4, 0.5) is 17.1 Å². The monoisotopic (exact) mass is 779 g/mol. The van der Waals surface area contributed by atoms with E-state index in [0.29, 0.717) is 0 Å². The van der Waals surface area contributed by atoms with Gasteiger partial charge in [0.05, 0.1) is 11.4 Å². The van der Waals surface area contributed by atoms with Gasteiger partial charge in [0.25, 0.3) is 0 Å². The molecule has 280 valence electrons. The highest BCUT2D eigenvalue weighted by Gasteiger charge is 2.24. The summed E-state index contributed by atoms with van der Waals surface area (Å²) in [6.07, 6.45) is 0. The Balaban J connectivity index is 1.22. The average Bonchev–Trinajstić information content (AvgIpc) is 3.71. The fourth-order valence-corrected chi connectivity index (χ4v) is 10.7. The molecule has 12 rings (SSSR count). The minimum Gasteiger partial charge on any atom is -0.309 e. The van der Waals surface area contributed by atoms with Crippen LogP contribution < -0.4 is 4.90 Å². The smallest absolute Gasteiger partial charge is 0.0547 e. The largest absolute Gasteiger partial charge is 0.309 e. The molecule has 0 bridgehead atoms. The molecule has 0 aliphatic heterocycles. The molecule has 0 unspecified atom stereocenters. The first kappa shape index (κ1) is 34.5. The first-order chi connectivity index (χ1) is 29.8. The van der Waals surface area contributed by atoms with E-state index in [4.69, 9.17) is 0 Å². The Kier molecular flexibility index (Phi) is 8.11. The number of benzene rings is 11. The van der Waals surface area contributed by atoms with Crippen LogP contribution in [0, 0.1) is 0 Å². The van der Waals surface area contributed by atoms with Gasteiger partial charge in [-0.2, -0.15) is 0 Å². The Bertz CT molecular complexity index is 3600. The van der Waals surface area contributed by atoms with Crippen LogP contribution in [0.1, 0.15) is 0 Å². The van der Waals surface area contributed by atoms with Gasteiger partial charge in [-0.1, -0.05) is 182 Å². The van der Waals surface area contributed by atoms with E-state index in [1.165, 1.54) is 96.6 Å². The minimum atomic E-state index is 1.11. The number of fused-ring (bicyclic) bond motifs is 9. The molecule has 0 fully saturated rings. The van der Waals surface area contributed by atoms with Crippen LogP contribution in [0.3, 0.4) is 0 Å². The molecule has 0 aliphatic rings. The Morgan fingerprint density at radius 1 is 0.283 bits per heavy atom. The Hall–Kier alpha value is -7.52. The van der Waals surface area contributed by atoms with Crippen LogP contribution in [0.15, 0.2) is 224 Å². The second kappa shape index (κ2) is 14.1. The number of nitrogens with zero attached hydrogens (tertiary/aromatic N) is 1. The molecule has 1 heterocycles. The summed E-state index contributed by atoms with van der Waals surface area (Å²) in [5.41, 5.74) is 10.5. The SMILES string of the molecule is c1ccc(-c2ccc(N(c3cc(-c4cc5ccccc5c5ccccc45)c4ccccc4c3)c3cc4c5ccccc5sc4c4ccccc34)c(-c3ccccc3)c2)cc1. The van der Waals surface area contributed by atoms with Crippen LogP contribution in [0.5, 0.6) is 0 Å². The minimum absolute atomic E-state index is 1.11. The van der Waals surface area contributed by atoms with E-state index in [0.717, 1.165) is 17.1 Å². The van der Waals surface area contributed by atoms with Crippen molar-refractivity contribution >= 4 is 91.7 Å². The summed E-state index contributed by atoms with van der Waals surface area (Å²) in [5.74, 6) is 0. The second-order valence-corrected chi connectivity index (χ2v) is 16.7. The first-order valence-electron chi connectivity index (χ1n) is 20.6. The predicted molar refractivity (Wildman–Crippen MR) is 260 cm³/mol. The lowest BCUT2D eigenvalue weighted by atomic mass is 9.90. The highest BCUT2D eigenvalue weighted by Crippen LogP contribution is 2.50. The standard InChI is InChI=1S/C58H37NS/c1-3-17-38(18-4-1)40-31-32-55(51(34-40)39-19-5-2-6-20-39)59(56-37-54-49-28-15-16-30-57(49)60-58(54)50-29-14-13-27-48(50)56)43-33-41-21-7-10-24-45(41)53(36-43)52-35-42-22-8-9-23-44(42)46-25-11-12-26-47(46)52/h1-37H. The summed E-state index contributed by atoms with van der Waals surface area (Å²) in [7, 11) is 0. The van der Waals surface area contributed by atoms with Crippen molar-refractivity contribution in [1.82, 2.24) is 0 Å². The topological polar surface area (TPSA) is 3.24 Å². The van der Waals surface area contributed by atoms with Crippen LogP contribution in [0.25, 0.3) is 96.6 Å². The summed E-state index contributed by atoms with van der Waals surface area (Å²) >= 11 is 1.89. The van der Waals surface area contributed by atoms with Gasteiger partial charge in [-0.3, -0.25) is 0 Å². The number of thiophene rings is 1. The van der Waals surface area contributed by atoms with Crippen molar-refractivity contribution < 1.29 is 0 Å². The molecule has 0 saturated heterocycles. The van der Waals surface area contributed by atoms with Gasteiger partial charge in [-0.15, -0.1) is 11.3 Å². The molecular weight excluding hydrogens is 743 g/mol. The Morgan fingerprint density at radius 3 is 1.62 bits per heavy atom. The van der Waals surface area contributed by atoms with Crippen LogP contribution >= 0.6 is 11.3 Å². The number of anilines is 3. The highest BCUT2D eigenvalue weighted by atomic mass is 32.1. The zero-order chi connectivity index (χ0) is 39.6. The molecule has 0 aliphatic carbocycles. The molecule has 60 heavy (non-hydrogen) atoms. The van der Waals surface area contributed by atoms with Gasteiger partial charge in [-0.25, -0.2) is 0 Å². The fourth-order valence-electron chi connectivity index (χ4n) is 9.43. The van der Waals surface area contributed by atoms with Gasteiger partial charge in [0.1, 0.15) is 0 Å². The summed E-state index contributed by atoms with van der Waals surface area (Å²) in [6.45, 7) is 0. The lowest BCUT2D eigenvalue weighted by Gasteiger charge is -2.31. The molecule has 0 atom stereocenters. The van der Waals surface area contributed by atoms with E-state index < -0.39 is 0 Å². The zero-order valence-electron chi connectivity index (χ0n) is 32.7. The van der Waals surface area contributed by atoms with E-state index in [9.17, 15) is 0 Å². The molecule has 0 saturated carbocycles. The molecule has 0 amide bonds. The summed E-state index contributed by atoms with van der Waals surface area (Å²) in [4.78, 5) is 2.55. The van der Waals surface area contributed by atoms with E-state index in [2.05, 4.69) is 229 Å². The fraction of sp³-hybridized carbons (Fsp3) is 0. The maximum atomic E-state index is 2.55. The lowest BCUT2D eigenvalue weighted by molar-refractivity contribution is 1.31. The molecular formula is C58H37NS. The number of hydrogen-bond acceptors (Lipinski definition) is 2. The third-order valence-corrected chi connectivity index (χ3v) is 13.4. The van der Waals surface area contributed by atoms with Crippen molar-refractivity contribution in [2.24, 2.45) is 0 Å². The highest BCUT2D eigenvalue weighted by molar-refractivity contribution is 7.26.